The Morgan fingerprint density at radius 3 is 2.30 bits per heavy atom. The van der Waals surface area contributed by atoms with Gasteiger partial charge >= 0.3 is 0 Å². The van der Waals surface area contributed by atoms with E-state index in [1.807, 2.05) is 12.1 Å². The molecule has 2 amide bonds. The van der Waals surface area contributed by atoms with E-state index in [1.165, 1.54) is 23.8 Å². The number of aryl methyl sites for hydroxylation is 1. The molecule has 0 fully saturated rings. The lowest BCUT2D eigenvalue weighted by Crippen LogP contribution is -2.41. The number of hydrazine groups is 1. The van der Waals surface area contributed by atoms with Crippen LogP contribution in [0.5, 0.6) is 0 Å². The molecule has 2 aromatic carbocycles. The number of hydrogen-bond acceptors (Lipinski definition) is 4. The Kier molecular flexibility index (Phi) is 6.28. The summed E-state index contributed by atoms with van der Waals surface area (Å²) in [5.41, 5.74) is 6.84. The fourth-order valence-corrected chi connectivity index (χ4v) is 2.45. The van der Waals surface area contributed by atoms with Crippen molar-refractivity contribution < 1.29 is 14.5 Å². The minimum Gasteiger partial charge on any atom is -0.273 e. The van der Waals surface area contributed by atoms with Gasteiger partial charge in [0.05, 0.1) is 4.92 Å². The summed E-state index contributed by atoms with van der Waals surface area (Å²) >= 11 is 0. The number of benzene rings is 2. The monoisotopic (exact) mass is 369 g/mol. The Hall–Kier alpha value is -3.22. The number of carbonyl (C=O) groups is 2. The smallest absolute Gasteiger partial charge is 0.270 e. The summed E-state index contributed by atoms with van der Waals surface area (Å²) in [6, 6.07) is 13.4. The summed E-state index contributed by atoms with van der Waals surface area (Å²) in [5.74, 6) is -0.949. The number of nitrogens with one attached hydrogen (secondary N) is 2. The molecule has 0 saturated heterocycles. The fourth-order valence-electron chi connectivity index (χ4n) is 2.45. The van der Waals surface area contributed by atoms with E-state index in [0.717, 1.165) is 11.6 Å². The lowest BCUT2D eigenvalue weighted by atomic mass is 9.86. The van der Waals surface area contributed by atoms with Gasteiger partial charge in [-0.05, 0) is 29.0 Å². The third-order valence-electron chi connectivity index (χ3n) is 4.10. The standard InChI is InChI=1S/C20H23N3O4/c1-20(2,3)16-10-7-14(8-11-16)9-12-18(24)21-22-19(25)15-5-4-6-17(13-15)23(26)27/h4-8,10-11,13H,9,12H2,1-3H3,(H,21,24)(H,22,25). The SMILES string of the molecule is CC(C)(C)c1ccc(CCC(=O)NNC(=O)c2cccc([N+](=O)[O-])c2)cc1. The highest BCUT2D eigenvalue weighted by atomic mass is 16.6. The Morgan fingerprint density at radius 1 is 1.04 bits per heavy atom. The van der Waals surface area contributed by atoms with Gasteiger partial charge in [0.15, 0.2) is 0 Å². The molecule has 0 aromatic heterocycles. The molecule has 0 spiro atoms. The maximum atomic E-state index is 12.0. The van der Waals surface area contributed by atoms with Gasteiger partial charge in [0, 0.05) is 24.1 Å². The van der Waals surface area contributed by atoms with Crippen molar-refractivity contribution in [3.05, 3.63) is 75.3 Å². The summed E-state index contributed by atoms with van der Waals surface area (Å²) < 4.78 is 0. The molecule has 0 aliphatic heterocycles. The number of nitro groups is 1. The second-order valence-corrected chi connectivity index (χ2v) is 7.26. The highest BCUT2D eigenvalue weighted by Crippen LogP contribution is 2.22. The van der Waals surface area contributed by atoms with Gasteiger partial charge in [0.25, 0.3) is 11.6 Å². The first-order valence-electron chi connectivity index (χ1n) is 8.60. The van der Waals surface area contributed by atoms with Gasteiger partial charge in [-0.3, -0.25) is 30.6 Å². The van der Waals surface area contributed by atoms with E-state index < -0.39 is 10.8 Å². The topological polar surface area (TPSA) is 101 Å². The van der Waals surface area contributed by atoms with Crippen molar-refractivity contribution in [3.8, 4) is 0 Å². The first-order chi connectivity index (χ1) is 12.7. The molecule has 0 aliphatic carbocycles. The van der Waals surface area contributed by atoms with Gasteiger partial charge in [0.2, 0.25) is 5.91 Å². The highest BCUT2D eigenvalue weighted by Gasteiger charge is 2.14. The molecule has 0 radical (unpaired) electrons. The van der Waals surface area contributed by atoms with Crippen LogP contribution in [-0.4, -0.2) is 16.7 Å². The van der Waals surface area contributed by atoms with Crippen molar-refractivity contribution in [3.63, 3.8) is 0 Å². The van der Waals surface area contributed by atoms with Crippen LogP contribution in [0.1, 0.15) is 48.7 Å². The van der Waals surface area contributed by atoms with Gasteiger partial charge in [-0.15, -0.1) is 0 Å². The van der Waals surface area contributed by atoms with Crippen molar-refractivity contribution in [2.24, 2.45) is 0 Å². The van der Waals surface area contributed by atoms with Crippen LogP contribution in [0.25, 0.3) is 0 Å². The molecular weight excluding hydrogens is 346 g/mol. The minimum absolute atomic E-state index is 0.0761. The number of nitro benzene ring substituents is 1. The Morgan fingerprint density at radius 2 is 1.70 bits per heavy atom. The maximum absolute atomic E-state index is 12.0. The summed E-state index contributed by atoms with van der Waals surface area (Å²) in [4.78, 5) is 34.1. The van der Waals surface area contributed by atoms with Gasteiger partial charge in [-0.25, -0.2) is 0 Å². The molecule has 7 heteroatoms. The Balaban J connectivity index is 1.83. The lowest BCUT2D eigenvalue weighted by Gasteiger charge is -2.19. The molecule has 2 aromatic rings. The molecule has 142 valence electrons. The first kappa shape index (κ1) is 20.1. The number of amides is 2. The number of carbonyl (C=O) groups excluding carboxylic acids is 2. The van der Waals surface area contributed by atoms with E-state index in [4.69, 9.17) is 0 Å². The van der Waals surface area contributed by atoms with Gasteiger partial charge in [-0.1, -0.05) is 51.1 Å². The van der Waals surface area contributed by atoms with E-state index >= 15 is 0 Å². The molecule has 2 N–H and O–H groups in total. The third kappa shape index (κ3) is 5.91. The van der Waals surface area contributed by atoms with Crippen molar-refractivity contribution in [1.29, 1.82) is 0 Å². The van der Waals surface area contributed by atoms with Gasteiger partial charge in [0.1, 0.15) is 0 Å². The number of rotatable bonds is 5. The van der Waals surface area contributed by atoms with Crippen LogP contribution in [-0.2, 0) is 16.6 Å². The summed E-state index contributed by atoms with van der Waals surface area (Å²) in [7, 11) is 0. The molecule has 0 saturated carbocycles. The summed E-state index contributed by atoms with van der Waals surface area (Å²) in [6.45, 7) is 6.42. The average Bonchev–Trinajstić information content (AvgIpc) is 2.64. The first-order valence-corrected chi connectivity index (χ1v) is 8.60. The molecule has 27 heavy (non-hydrogen) atoms. The van der Waals surface area contributed by atoms with E-state index in [0.29, 0.717) is 6.42 Å². The van der Waals surface area contributed by atoms with Crippen molar-refractivity contribution in [2.75, 3.05) is 0 Å². The number of non-ortho nitro benzene ring substituents is 1. The van der Waals surface area contributed by atoms with Crippen LogP contribution in [0.3, 0.4) is 0 Å². The van der Waals surface area contributed by atoms with E-state index in [-0.39, 0.29) is 29.0 Å². The Bertz CT molecular complexity index is 839. The molecule has 7 nitrogen and oxygen atoms in total. The zero-order valence-corrected chi connectivity index (χ0v) is 15.6. The number of nitrogens with zero attached hydrogens (tertiary/aromatic N) is 1. The summed E-state index contributed by atoms with van der Waals surface area (Å²) in [6.07, 6.45) is 0.757. The zero-order chi connectivity index (χ0) is 20.0. The summed E-state index contributed by atoms with van der Waals surface area (Å²) in [5, 5.41) is 10.7. The van der Waals surface area contributed by atoms with Crippen LogP contribution in [0.2, 0.25) is 0 Å². The quantitative estimate of drug-likeness (QED) is 0.624. The fraction of sp³-hybridized carbons (Fsp3) is 0.300. The predicted molar refractivity (Wildman–Crippen MR) is 102 cm³/mol. The van der Waals surface area contributed by atoms with Gasteiger partial charge < -0.3 is 0 Å². The van der Waals surface area contributed by atoms with Crippen LogP contribution in [0.4, 0.5) is 5.69 Å². The van der Waals surface area contributed by atoms with Crippen molar-refractivity contribution in [1.82, 2.24) is 10.9 Å². The van der Waals surface area contributed by atoms with E-state index in [9.17, 15) is 19.7 Å². The van der Waals surface area contributed by atoms with Crippen LogP contribution < -0.4 is 10.9 Å². The molecular formula is C20H23N3O4. The highest BCUT2D eigenvalue weighted by molar-refractivity contribution is 5.95. The lowest BCUT2D eigenvalue weighted by molar-refractivity contribution is -0.384. The van der Waals surface area contributed by atoms with E-state index in [1.54, 1.807) is 0 Å². The molecule has 0 aliphatic rings. The molecule has 0 unspecified atom stereocenters. The Labute approximate surface area is 157 Å². The molecule has 0 heterocycles. The second kappa shape index (κ2) is 8.44. The largest absolute Gasteiger partial charge is 0.273 e. The third-order valence-corrected chi connectivity index (χ3v) is 4.10. The van der Waals surface area contributed by atoms with E-state index in [2.05, 4.69) is 43.8 Å². The molecule has 0 bridgehead atoms. The predicted octanol–water partition coefficient (Wildman–Crippen LogP) is 3.29. The van der Waals surface area contributed by atoms with Crippen molar-refractivity contribution in [2.45, 2.75) is 39.0 Å². The normalized spacial score (nSPS) is 10.9. The van der Waals surface area contributed by atoms with Crippen LogP contribution in [0, 0.1) is 10.1 Å². The second-order valence-electron chi connectivity index (χ2n) is 7.26. The maximum Gasteiger partial charge on any atom is 0.270 e. The number of hydrogen-bond donors (Lipinski definition) is 2. The van der Waals surface area contributed by atoms with Crippen LogP contribution >= 0.6 is 0 Å². The average molecular weight is 369 g/mol. The van der Waals surface area contributed by atoms with Gasteiger partial charge in [-0.2, -0.15) is 0 Å². The zero-order valence-electron chi connectivity index (χ0n) is 15.6. The molecule has 0 atom stereocenters. The van der Waals surface area contributed by atoms with Crippen LogP contribution in [0.15, 0.2) is 48.5 Å². The minimum atomic E-state index is -0.610. The molecule has 2 rings (SSSR count). The van der Waals surface area contributed by atoms with Crippen molar-refractivity contribution >= 4 is 17.5 Å².